The molecule has 1 aromatic carbocycles. The van der Waals surface area contributed by atoms with Crippen molar-refractivity contribution in [1.82, 2.24) is 10.3 Å². The number of ether oxygens (including phenoxy) is 1. The third kappa shape index (κ3) is 9.16. The van der Waals surface area contributed by atoms with E-state index in [0.717, 1.165) is 36.4 Å². The first-order valence-electron chi connectivity index (χ1n) is 9.92. The van der Waals surface area contributed by atoms with Gasteiger partial charge in [0.15, 0.2) is 0 Å². The van der Waals surface area contributed by atoms with Gasteiger partial charge in [-0.2, -0.15) is 5.10 Å². The number of methoxy groups -OCH3 is 1. The van der Waals surface area contributed by atoms with Crippen molar-refractivity contribution < 1.29 is 4.74 Å². The van der Waals surface area contributed by atoms with Gasteiger partial charge in [0.25, 0.3) is 0 Å². The molecule has 0 spiro atoms. The molecule has 0 unspecified atom stereocenters. The van der Waals surface area contributed by atoms with E-state index in [4.69, 9.17) is 21.4 Å². The average molecular weight is 416 g/mol. The Hall–Kier alpha value is -2.30. The Morgan fingerprint density at radius 3 is 2.66 bits per heavy atom. The smallest absolute Gasteiger partial charge is 0.119 e. The summed E-state index contributed by atoms with van der Waals surface area (Å²) in [6.07, 6.45) is 11.6. The minimum Gasteiger partial charge on any atom is -0.497 e. The van der Waals surface area contributed by atoms with Crippen LogP contribution in [0.1, 0.15) is 37.8 Å². The number of rotatable bonds is 12. The van der Waals surface area contributed by atoms with Gasteiger partial charge >= 0.3 is 0 Å². The van der Waals surface area contributed by atoms with Crippen LogP contribution in [-0.4, -0.2) is 31.9 Å². The summed E-state index contributed by atoms with van der Waals surface area (Å²) >= 11 is 5.87. The summed E-state index contributed by atoms with van der Waals surface area (Å²) in [5.74, 6) is 0.863. The standard InChI is InChI=1S/C24H34ClN3O/c1-7-9-21(11-10-20(4)25)17-27-28(23(8-2)14-15-26-5)18-22-12-13-24(29-6)16-19(22)3/h8-13,16-17,26H,4,7,14-15,18H2,1-3,5-6H3/b11-10-,21-9+,23-8+,27-17+. The van der Waals surface area contributed by atoms with E-state index >= 15 is 0 Å². The number of hydrazone groups is 1. The van der Waals surface area contributed by atoms with Crippen LogP contribution in [0.4, 0.5) is 0 Å². The summed E-state index contributed by atoms with van der Waals surface area (Å²) in [5, 5.41) is 10.6. The minimum atomic E-state index is 0.495. The molecule has 4 nitrogen and oxygen atoms in total. The fourth-order valence-corrected chi connectivity index (χ4v) is 2.81. The molecule has 0 heterocycles. The van der Waals surface area contributed by atoms with Gasteiger partial charge < -0.3 is 10.1 Å². The van der Waals surface area contributed by atoms with Crippen LogP contribution < -0.4 is 10.1 Å². The van der Waals surface area contributed by atoms with Gasteiger partial charge in [-0.05, 0) is 62.2 Å². The van der Waals surface area contributed by atoms with E-state index in [1.54, 1.807) is 13.2 Å². The average Bonchev–Trinajstić information content (AvgIpc) is 2.71. The maximum Gasteiger partial charge on any atom is 0.119 e. The van der Waals surface area contributed by atoms with E-state index in [1.165, 1.54) is 11.1 Å². The lowest BCUT2D eigenvalue weighted by Gasteiger charge is -2.23. The molecular formula is C24H34ClN3O. The molecule has 1 N–H and O–H groups in total. The van der Waals surface area contributed by atoms with Crippen molar-refractivity contribution in [1.29, 1.82) is 0 Å². The SMILES string of the molecule is C=C(Cl)\C=C/C(/C=N/N(Cc1ccc(OC)cc1C)/C(=C/C)CCNC)=C\CC. The molecule has 0 radical (unpaired) electrons. The van der Waals surface area contributed by atoms with E-state index in [9.17, 15) is 0 Å². The molecule has 0 atom stereocenters. The van der Waals surface area contributed by atoms with Crippen LogP contribution in [0, 0.1) is 6.92 Å². The first-order chi connectivity index (χ1) is 13.9. The molecule has 0 amide bonds. The number of benzene rings is 1. The van der Waals surface area contributed by atoms with Crippen LogP contribution in [0.5, 0.6) is 5.75 Å². The maximum atomic E-state index is 5.87. The van der Waals surface area contributed by atoms with Crippen LogP contribution >= 0.6 is 11.6 Å². The molecule has 0 aromatic heterocycles. The number of halogens is 1. The van der Waals surface area contributed by atoms with E-state index < -0.39 is 0 Å². The van der Waals surface area contributed by atoms with E-state index in [2.05, 4.69) is 62.0 Å². The predicted octanol–water partition coefficient (Wildman–Crippen LogP) is 5.95. The van der Waals surface area contributed by atoms with Gasteiger partial charge in [-0.15, -0.1) is 0 Å². The second-order valence-corrected chi connectivity index (χ2v) is 7.11. The molecule has 158 valence electrons. The molecule has 0 bridgehead atoms. The first kappa shape index (κ1) is 24.7. The number of hydrogen-bond acceptors (Lipinski definition) is 4. The Morgan fingerprint density at radius 2 is 2.10 bits per heavy atom. The zero-order chi connectivity index (χ0) is 21.6. The molecular weight excluding hydrogens is 382 g/mol. The highest BCUT2D eigenvalue weighted by Crippen LogP contribution is 2.21. The number of nitrogens with zero attached hydrogens (tertiary/aromatic N) is 2. The summed E-state index contributed by atoms with van der Waals surface area (Å²) in [4.78, 5) is 0. The Labute approximate surface area is 181 Å². The zero-order valence-corrected chi connectivity index (χ0v) is 19.1. The molecule has 0 saturated heterocycles. The quantitative estimate of drug-likeness (QED) is 0.260. The van der Waals surface area contributed by atoms with Crippen molar-refractivity contribution in [3.05, 3.63) is 76.5 Å². The van der Waals surface area contributed by atoms with Crippen LogP contribution in [-0.2, 0) is 6.54 Å². The highest BCUT2D eigenvalue weighted by molar-refractivity contribution is 6.30. The Morgan fingerprint density at radius 1 is 1.34 bits per heavy atom. The molecule has 1 rings (SSSR count). The lowest BCUT2D eigenvalue weighted by Crippen LogP contribution is -2.21. The van der Waals surface area contributed by atoms with E-state index in [0.29, 0.717) is 11.6 Å². The fraction of sp³-hybridized carbons (Fsp3) is 0.375. The summed E-state index contributed by atoms with van der Waals surface area (Å²) < 4.78 is 5.33. The van der Waals surface area contributed by atoms with Crippen LogP contribution in [0.2, 0.25) is 0 Å². The third-order valence-electron chi connectivity index (χ3n) is 4.41. The highest BCUT2D eigenvalue weighted by Gasteiger charge is 2.11. The minimum absolute atomic E-state index is 0.495. The van der Waals surface area contributed by atoms with Crippen molar-refractivity contribution >= 4 is 17.8 Å². The van der Waals surface area contributed by atoms with Crippen molar-refractivity contribution in [2.45, 2.75) is 40.2 Å². The monoisotopic (exact) mass is 415 g/mol. The lowest BCUT2D eigenvalue weighted by molar-refractivity contribution is 0.342. The second-order valence-electron chi connectivity index (χ2n) is 6.62. The van der Waals surface area contributed by atoms with Gasteiger partial charge in [-0.1, -0.05) is 49.4 Å². The molecule has 1 aromatic rings. The first-order valence-corrected chi connectivity index (χ1v) is 10.3. The Bertz CT molecular complexity index is 778. The van der Waals surface area contributed by atoms with Crippen molar-refractivity contribution in [2.24, 2.45) is 5.10 Å². The van der Waals surface area contributed by atoms with Gasteiger partial charge in [0, 0.05) is 23.7 Å². The van der Waals surface area contributed by atoms with Crippen molar-refractivity contribution in [2.75, 3.05) is 20.7 Å². The molecule has 0 saturated carbocycles. The summed E-state index contributed by atoms with van der Waals surface area (Å²) in [7, 11) is 3.64. The van der Waals surface area contributed by atoms with Gasteiger partial charge in [0.2, 0.25) is 0 Å². The van der Waals surface area contributed by atoms with Gasteiger partial charge in [0.05, 0.1) is 19.9 Å². The third-order valence-corrected chi connectivity index (χ3v) is 4.53. The normalized spacial score (nSPS) is 12.8. The Balaban J connectivity index is 3.19. The number of allylic oxidation sites excluding steroid dienone is 6. The van der Waals surface area contributed by atoms with Gasteiger partial charge in [-0.25, -0.2) is 0 Å². The topological polar surface area (TPSA) is 36.9 Å². The van der Waals surface area contributed by atoms with Crippen LogP contribution in [0.25, 0.3) is 0 Å². The van der Waals surface area contributed by atoms with Crippen molar-refractivity contribution in [3.8, 4) is 5.75 Å². The van der Waals surface area contributed by atoms with Gasteiger partial charge in [-0.3, -0.25) is 5.01 Å². The predicted molar refractivity (Wildman–Crippen MR) is 127 cm³/mol. The summed E-state index contributed by atoms with van der Waals surface area (Å²) in [6.45, 7) is 11.5. The number of hydrogen-bond donors (Lipinski definition) is 1. The van der Waals surface area contributed by atoms with Crippen molar-refractivity contribution in [3.63, 3.8) is 0 Å². The van der Waals surface area contributed by atoms with E-state index in [-0.39, 0.29) is 0 Å². The van der Waals surface area contributed by atoms with Crippen LogP contribution in [0.3, 0.4) is 0 Å². The summed E-state index contributed by atoms with van der Waals surface area (Å²) in [5.41, 5.74) is 4.54. The Kier molecular flexibility index (Phi) is 11.8. The van der Waals surface area contributed by atoms with E-state index in [1.807, 2.05) is 25.4 Å². The molecule has 5 heteroatoms. The van der Waals surface area contributed by atoms with Crippen LogP contribution in [0.15, 0.2) is 70.5 Å². The molecule has 0 aliphatic carbocycles. The molecule has 29 heavy (non-hydrogen) atoms. The number of nitrogens with one attached hydrogen (secondary N) is 1. The van der Waals surface area contributed by atoms with Gasteiger partial charge in [0.1, 0.15) is 5.75 Å². The molecule has 0 fully saturated rings. The maximum absolute atomic E-state index is 5.87. The molecule has 0 aliphatic rings. The lowest BCUT2D eigenvalue weighted by atomic mass is 10.1. The molecule has 0 aliphatic heterocycles. The fourth-order valence-electron chi connectivity index (χ4n) is 2.75. The summed E-state index contributed by atoms with van der Waals surface area (Å²) in [6, 6.07) is 6.14. The second kappa shape index (κ2) is 13.8. The number of aryl methyl sites for hydroxylation is 1. The largest absolute Gasteiger partial charge is 0.497 e. The zero-order valence-electron chi connectivity index (χ0n) is 18.3. The highest BCUT2D eigenvalue weighted by atomic mass is 35.5.